The Morgan fingerprint density at radius 2 is 2.00 bits per heavy atom. The third-order valence-electron chi connectivity index (χ3n) is 2.02. The fraction of sp³-hybridized carbons (Fsp3) is 0.222. The Labute approximate surface area is 96.1 Å². The molecule has 82 valence electrons. The van der Waals surface area contributed by atoms with Crippen molar-refractivity contribution in [1.29, 1.82) is 0 Å². The van der Waals surface area contributed by atoms with Crippen LogP contribution in [-0.2, 0) is 7.05 Å². The van der Waals surface area contributed by atoms with Crippen LogP contribution >= 0.6 is 11.8 Å². The number of aldehydes is 1. The van der Waals surface area contributed by atoms with Crippen molar-refractivity contribution in [2.45, 2.75) is 17.2 Å². The molecule has 0 aliphatic carbocycles. The summed E-state index contributed by atoms with van der Waals surface area (Å²) in [5.41, 5.74) is 0.457. The number of aryl methyl sites for hydroxylation is 1. The normalized spacial score (nSPS) is 10.4. The average molecular weight is 235 g/mol. The molecule has 2 aromatic heterocycles. The van der Waals surface area contributed by atoms with Gasteiger partial charge in [0.05, 0.1) is 5.56 Å². The Morgan fingerprint density at radius 3 is 2.50 bits per heavy atom. The number of carbonyl (C=O) groups excluding carboxylic acids is 1. The van der Waals surface area contributed by atoms with Crippen LogP contribution in [0.4, 0.5) is 0 Å². The molecule has 0 bridgehead atoms. The first kappa shape index (κ1) is 10.7. The maximum Gasteiger partial charge on any atom is 0.198 e. The van der Waals surface area contributed by atoms with Crippen molar-refractivity contribution < 1.29 is 4.79 Å². The van der Waals surface area contributed by atoms with Crippen molar-refractivity contribution in [3.8, 4) is 0 Å². The van der Waals surface area contributed by atoms with Crippen molar-refractivity contribution in [3.63, 3.8) is 0 Å². The molecule has 0 radical (unpaired) electrons. The number of hydrogen-bond acceptors (Lipinski definition) is 6. The van der Waals surface area contributed by atoms with E-state index in [1.165, 1.54) is 24.2 Å². The van der Waals surface area contributed by atoms with Crippen LogP contribution in [0.15, 0.2) is 22.7 Å². The fourth-order valence-electron chi connectivity index (χ4n) is 0.998. The van der Waals surface area contributed by atoms with E-state index >= 15 is 0 Å². The summed E-state index contributed by atoms with van der Waals surface area (Å²) in [4.78, 5) is 18.5. The maximum absolute atomic E-state index is 10.4. The minimum absolute atomic E-state index is 0.457. The predicted molar refractivity (Wildman–Crippen MR) is 57.3 cm³/mol. The fourth-order valence-corrected chi connectivity index (χ4v) is 1.72. The number of aromatic nitrogens is 5. The molecule has 0 unspecified atom stereocenters. The molecular formula is C9H9N5OS. The first-order chi connectivity index (χ1) is 7.70. The van der Waals surface area contributed by atoms with Crippen molar-refractivity contribution in [1.82, 2.24) is 24.7 Å². The largest absolute Gasteiger partial charge is 0.309 e. The van der Waals surface area contributed by atoms with Gasteiger partial charge in [-0.2, -0.15) is 0 Å². The standard InChI is InChI=1S/C9H9N5OS/c1-6-12-13-9(14(6)2)16-8-10-3-7(5-15)4-11-8/h3-5H,1-2H3. The van der Waals surface area contributed by atoms with Crippen LogP contribution in [0.2, 0.25) is 0 Å². The zero-order valence-electron chi connectivity index (χ0n) is 8.78. The molecule has 0 aliphatic heterocycles. The molecule has 0 amide bonds. The molecule has 2 aromatic rings. The quantitative estimate of drug-likeness (QED) is 0.580. The number of rotatable bonds is 3. The highest BCUT2D eigenvalue weighted by molar-refractivity contribution is 7.99. The van der Waals surface area contributed by atoms with Gasteiger partial charge in [0.15, 0.2) is 16.6 Å². The van der Waals surface area contributed by atoms with Gasteiger partial charge < -0.3 is 4.57 Å². The highest BCUT2D eigenvalue weighted by Gasteiger charge is 2.08. The molecular weight excluding hydrogens is 226 g/mol. The van der Waals surface area contributed by atoms with E-state index in [4.69, 9.17) is 0 Å². The minimum atomic E-state index is 0.457. The number of carbonyl (C=O) groups is 1. The highest BCUT2D eigenvalue weighted by atomic mass is 32.2. The van der Waals surface area contributed by atoms with Crippen LogP contribution in [-0.4, -0.2) is 31.0 Å². The van der Waals surface area contributed by atoms with Gasteiger partial charge in [-0.25, -0.2) is 9.97 Å². The van der Waals surface area contributed by atoms with E-state index in [0.717, 1.165) is 11.0 Å². The average Bonchev–Trinajstić information content (AvgIpc) is 2.62. The lowest BCUT2D eigenvalue weighted by molar-refractivity contribution is 0.112. The van der Waals surface area contributed by atoms with Gasteiger partial charge in [0.1, 0.15) is 5.82 Å². The van der Waals surface area contributed by atoms with Gasteiger partial charge in [0, 0.05) is 19.4 Å². The van der Waals surface area contributed by atoms with Crippen LogP contribution in [0.1, 0.15) is 16.2 Å². The van der Waals surface area contributed by atoms with Crippen LogP contribution < -0.4 is 0 Å². The van der Waals surface area contributed by atoms with E-state index in [1.807, 2.05) is 18.5 Å². The van der Waals surface area contributed by atoms with Gasteiger partial charge in [0.25, 0.3) is 0 Å². The minimum Gasteiger partial charge on any atom is -0.309 e. The summed E-state index contributed by atoms with van der Waals surface area (Å²) in [6.45, 7) is 1.87. The molecule has 0 saturated carbocycles. The summed E-state index contributed by atoms with van der Waals surface area (Å²) in [6.07, 6.45) is 3.66. The molecule has 6 nitrogen and oxygen atoms in total. The Kier molecular flexibility index (Phi) is 2.95. The lowest BCUT2D eigenvalue weighted by atomic mass is 10.4. The van der Waals surface area contributed by atoms with Gasteiger partial charge in [-0.3, -0.25) is 4.79 Å². The van der Waals surface area contributed by atoms with Crippen molar-refractivity contribution in [2.75, 3.05) is 0 Å². The summed E-state index contributed by atoms with van der Waals surface area (Å²) >= 11 is 1.31. The van der Waals surface area contributed by atoms with E-state index in [-0.39, 0.29) is 0 Å². The molecule has 0 N–H and O–H groups in total. The second-order valence-corrected chi connectivity index (χ2v) is 4.04. The number of nitrogens with zero attached hydrogens (tertiary/aromatic N) is 5. The summed E-state index contributed by atoms with van der Waals surface area (Å²) in [5, 5.41) is 9.17. The lowest BCUT2D eigenvalue weighted by Crippen LogP contribution is -1.95. The molecule has 0 atom stereocenters. The van der Waals surface area contributed by atoms with Crippen molar-refractivity contribution in [3.05, 3.63) is 23.8 Å². The molecule has 2 rings (SSSR count). The van der Waals surface area contributed by atoms with Gasteiger partial charge in [-0.1, -0.05) is 0 Å². The third kappa shape index (κ3) is 2.08. The van der Waals surface area contributed by atoms with E-state index in [9.17, 15) is 4.79 Å². The van der Waals surface area contributed by atoms with Crippen LogP contribution in [0.5, 0.6) is 0 Å². The highest BCUT2D eigenvalue weighted by Crippen LogP contribution is 2.21. The summed E-state index contributed by atoms with van der Waals surface area (Å²) in [7, 11) is 1.87. The van der Waals surface area contributed by atoms with Crippen molar-refractivity contribution in [2.24, 2.45) is 7.05 Å². The Balaban J connectivity index is 2.20. The molecule has 0 spiro atoms. The van der Waals surface area contributed by atoms with E-state index in [2.05, 4.69) is 20.2 Å². The Hall–Kier alpha value is -1.76. The van der Waals surface area contributed by atoms with Crippen molar-refractivity contribution >= 4 is 18.0 Å². The molecule has 0 saturated heterocycles. The molecule has 0 aromatic carbocycles. The number of hydrogen-bond donors (Lipinski definition) is 0. The van der Waals surface area contributed by atoms with Gasteiger partial charge in [-0.05, 0) is 18.7 Å². The van der Waals surface area contributed by atoms with Gasteiger partial charge >= 0.3 is 0 Å². The topological polar surface area (TPSA) is 73.6 Å². The first-order valence-electron chi connectivity index (χ1n) is 4.52. The van der Waals surface area contributed by atoms with Crippen LogP contribution in [0.3, 0.4) is 0 Å². The smallest absolute Gasteiger partial charge is 0.198 e. The van der Waals surface area contributed by atoms with Crippen LogP contribution in [0, 0.1) is 6.92 Å². The summed E-state index contributed by atoms with van der Waals surface area (Å²) in [5.74, 6) is 0.826. The van der Waals surface area contributed by atoms with Crippen LogP contribution in [0.25, 0.3) is 0 Å². The molecule has 0 aliphatic rings. The summed E-state index contributed by atoms with van der Waals surface area (Å²) < 4.78 is 1.85. The van der Waals surface area contributed by atoms with E-state index in [1.54, 1.807) is 0 Å². The molecule has 0 fully saturated rings. The molecule has 7 heteroatoms. The Bertz CT molecular complexity index is 507. The molecule has 16 heavy (non-hydrogen) atoms. The van der Waals surface area contributed by atoms with Gasteiger partial charge in [0.2, 0.25) is 0 Å². The molecule has 2 heterocycles. The lowest BCUT2D eigenvalue weighted by Gasteiger charge is -1.99. The maximum atomic E-state index is 10.4. The summed E-state index contributed by atoms with van der Waals surface area (Å²) in [6, 6.07) is 0. The SMILES string of the molecule is Cc1nnc(Sc2ncc(C=O)cn2)n1C. The van der Waals surface area contributed by atoms with Gasteiger partial charge in [-0.15, -0.1) is 10.2 Å². The second-order valence-electron chi connectivity index (χ2n) is 3.11. The zero-order chi connectivity index (χ0) is 11.5. The Morgan fingerprint density at radius 1 is 1.31 bits per heavy atom. The first-order valence-corrected chi connectivity index (χ1v) is 5.33. The monoisotopic (exact) mass is 235 g/mol. The predicted octanol–water partition coefficient (Wildman–Crippen LogP) is 0.877. The van der Waals surface area contributed by atoms with E-state index in [0.29, 0.717) is 17.0 Å². The van der Waals surface area contributed by atoms with E-state index < -0.39 is 0 Å². The zero-order valence-corrected chi connectivity index (χ0v) is 9.60. The second kappa shape index (κ2) is 4.40. The third-order valence-corrected chi connectivity index (χ3v) is 2.95.